The maximum atomic E-state index is 14.6. The zero-order chi connectivity index (χ0) is 21.2. The van der Waals surface area contributed by atoms with Gasteiger partial charge in [0.05, 0.1) is 6.61 Å². The molecule has 0 spiro atoms. The summed E-state index contributed by atoms with van der Waals surface area (Å²) in [6, 6.07) is 13.8. The van der Waals surface area contributed by atoms with Gasteiger partial charge in [-0.1, -0.05) is 95.5 Å². The van der Waals surface area contributed by atoms with E-state index in [1.165, 1.54) is 63.4 Å². The Morgan fingerprint density at radius 3 is 2.17 bits per heavy atom. The minimum Gasteiger partial charge on any atom is -0.490 e. The molecule has 1 fully saturated rings. The predicted octanol–water partition coefficient (Wildman–Crippen LogP) is 8.60. The van der Waals surface area contributed by atoms with Crippen LogP contribution in [-0.2, 0) is 6.42 Å². The first-order valence-corrected chi connectivity index (χ1v) is 12.2. The molecule has 1 saturated carbocycles. The van der Waals surface area contributed by atoms with E-state index in [1.54, 1.807) is 12.1 Å². The number of rotatable bonds is 11. The minimum absolute atomic E-state index is 0.255. The lowest BCUT2D eigenvalue weighted by Crippen LogP contribution is -2.20. The fourth-order valence-electron chi connectivity index (χ4n) is 4.70. The first-order chi connectivity index (χ1) is 14.7. The van der Waals surface area contributed by atoms with Crippen LogP contribution in [0.5, 0.6) is 5.75 Å². The molecule has 0 unspecified atom stereocenters. The van der Waals surface area contributed by atoms with Crippen LogP contribution < -0.4 is 4.74 Å². The van der Waals surface area contributed by atoms with Gasteiger partial charge in [-0.3, -0.25) is 0 Å². The third-order valence-corrected chi connectivity index (χ3v) is 6.66. The average molecular weight is 411 g/mol. The molecule has 0 heterocycles. The van der Waals surface area contributed by atoms with Crippen LogP contribution in [-0.4, -0.2) is 6.61 Å². The van der Waals surface area contributed by atoms with E-state index in [9.17, 15) is 4.39 Å². The van der Waals surface area contributed by atoms with Crippen LogP contribution in [0.25, 0.3) is 11.1 Å². The predicted molar refractivity (Wildman–Crippen MR) is 126 cm³/mol. The first-order valence-electron chi connectivity index (χ1n) is 12.2. The minimum atomic E-state index is -0.255. The van der Waals surface area contributed by atoms with E-state index in [0.29, 0.717) is 18.3 Å². The van der Waals surface area contributed by atoms with Gasteiger partial charge in [-0.15, -0.1) is 0 Å². The monoisotopic (exact) mass is 410 g/mol. The van der Waals surface area contributed by atoms with Crippen LogP contribution in [0.3, 0.4) is 0 Å². The average Bonchev–Trinajstić information content (AvgIpc) is 2.77. The second-order valence-corrected chi connectivity index (χ2v) is 9.14. The second kappa shape index (κ2) is 12.1. The summed E-state index contributed by atoms with van der Waals surface area (Å²) in [6.07, 6.45) is 14.2. The zero-order valence-electron chi connectivity index (χ0n) is 19.0. The zero-order valence-corrected chi connectivity index (χ0v) is 19.0. The molecular weight excluding hydrogens is 371 g/mol. The number of hydrogen-bond acceptors (Lipinski definition) is 1. The fourth-order valence-corrected chi connectivity index (χ4v) is 4.70. The van der Waals surface area contributed by atoms with Gasteiger partial charge < -0.3 is 4.74 Å². The van der Waals surface area contributed by atoms with Gasteiger partial charge in [-0.2, -0.15) is 0 Å². The molecule has 30 heavy (non-hydrogen) atoms. The molecule has 164 valence electrons. The van der Waals surface area contributed by atoms with E-state index in [0.717, 1.165) is 29.9 Å². The summed E-state index contributed by atoms with van der Waals surface area (Å²) in [6.45, 7) is 5.10. The molecule has 2 aromatic carbocycles. The van der Waals surface area contributed by atoms with Crippen LogP contribution in [0, 0.1) is 17.7 Å². The molecule has 0 bridgehead atoms. The Hall–Kier alpha value is -1.83. The van der Waals surface area contributed by atoms with Crippen molar-refractivity contribution in [2.24, 2.45) is 11.8 Å². The van der Waals surface area contributed by atoms with E-state index in [1.807, 2.05) is 6.07 Å². The smallest absolute Gasteiger partial charge is 0.165 e. The molecule has 2 heteroatoms. The molecule has 1 aliphatic rings. The number of hydrogen-bond donors (Lipinski definition) is 0. The Balaban J connectivity index is 1.45. The van der Waals surface area contributed by atoms with Crippen molar-refractivity contribution in [1.29, 1.82) is 0 Å². The van der Waals surface area contributed by atoms with Crippen molar-refractivity contribution in [3.63, 3.8) is 0 Å². The molecule has 0 amide bonds. The van der Waals surface area contributed by atoms with E-state index < -0.39 is 0 Å². The summed E-state index contributed by atoms with van der Waals surface area (Å²) >= 11 is 0. The third-order valence-electron chi connectivity index (χ3n) is 6.66. The first kappa shape index (κ1) is 22.8. The molecule has 2 aromatic rings. The molecule has 1 nitrogen and oxygen atoms in total. The summed E-state index contributed by atoms with van der Waals surface area (Å²) in [5.74, 6) is 1.61. The van der Waals surface area contributed by atoms with E-state index >= 15 is 0 Å². The van der Waals surface area contributed by atoms with Gasteiger partial charge in [0.1, 0.15) is 0 Å². The number of benzene rings is 2. The summed E-state index contributed by atoms with van der Waals surface area (Å²) in [7, 11) is 0. The van der Waals surface area contributed by atoms with Crippen molar-refractivity contribution in [2.45, 2.75) is 84.5 Å². The van der Waals surface area contributed by atoms with Gasteiger partial charge in [0.15, 0.2) is 11.6 Å². The van der Waals surface area contributed by atoms with Gasteiger partial charge in [0, 0.05) is 0 Å². The Bertz CT molecular complexity index is 744. The Kier molecular flexibility index (Phi) is 9.24. The van der Waals surface area contributed by atoms with Crippen molar-refractivity contribution >= 4 is 0 Å². The Labute approximate surface area is 183 Å². The SMILES string of the molecule is CCCCCC[C@H]1CC[C@H](COc2ccc(-c3ccc(CCC)cc3)cc2F)CC1. The van der Waals surface area contributed by atoms with Crippen LogP contribution in [0.2, 0.25) is 0 Å². The van der Waals surface area contributed by atoms with Crippen molar-refractivity contribution in [3.05, 3.63) is 53.8 Å². The highest BCUT2D eigenvalue weighted by atomic mass is 19.1. The number of ether oxygens (including phenoxy) is 1. The quantitative estimate of drug-likeness (QED) is 0.337. The normalized spacial score (nSPS) is 19.0. The standard InChI is InChI=1S/C28H39FO/c1-3-5-6-7-9-23-10-12-24(13-11-23)21-30-28-19-18-26(20-27(28)29)25-16-14-22(8-4-2)15-17-25/h14-20,23-24H,3-13,21H2,1-2H3/t23-,24-. The van der Waals surface area contributed by atoms with E-state index in [2.05, 4.69) is 38.1 Å². The second-order valence-electron chi connectivity index (χ2n) is 9.14. The van der Waals surface area contributed by atoms with Crippen LogP contribution >= 0.6 is 0 Å². The van der Waals surface area contributed by atoms with E-state index in [-0.39, 0.29) is 5.82 Å². The third kappa shape index (κ3) is 6.86. The summed E-state index contributed by atoms with van der Waals surface area (Å²) in [5, 5.41) is 0. The van der Waals surface area contributed by atoms with Crippen LogP contribution in [0.4, 0.5) is 4.39 Å². The lowest BCUT2D eigenvalue weighted by molar-refractivity contribution is 0.173. The molecule has 1 aliphatic carbocycles. The number of unbranched alkanes of at least 4 members (excludes halogenated alkanes) is 3. The largest absolute Gasteiger partial charge is 0.490 e. The Morgan fingerprint density at radius 2 is 1.50 bits per heavy atom. The topological polar surface area (TPSA) is 9.23 Å². The molecule has 3 rings (SSSR count). The van der Waals surface area contributed by atoms with Crippen LogP contribution in [0.1, 0.15) is 83.6 Å². The molecule has 0 atom stereocenters. The van der Waals surface area contributed by atoms with Crippen molar-refractivity contribution in [1.82, 2.24) is 0 Å². The highest BCUT2D eigenvalue weighted by molar-refractivity contribution is 5.64. The van der Waals surface area contributed by atoms with E-state index in [4.69, 9.17) is 4.74 Å². The van der Waals surface area contributed by atoms with Crippen molar-refractivity contribution in [2.75, 3.05) is 6.61 Å². The fraction of sp³-hybridized carbons (Fsp3) is 0.571. The lowest BCUT2D eigenvalue weighted by atomic mass is 9.80. The van der Waals surface area contributed by atoms with Crippen molar-refractivity contribution in [3.8, 4) is 16.9 Å². The molecular formula is C28H39FO. The Morgan fingerprint density at radius 1 is 0.800 bits per heavy atom. The van der Waals surface area contributed by atoms with Gasteiger partial charge in [-0.05, 0) is 59.9 Å². The van der Waals surface area contributed by atoms with Gasteiger partial charge in [0.2, 0.25) is 0 Å². The summed E-state index contributed by atoms with van der Waals surface area (Å²) < 4.78 is 20.5. The highest BCUT2D eigenvalue weighted by Crippen LogP contribution is 2.33. The molecule has 0 aliphatic heterocycles. The lowest BCUT2D eigenvalue weighted by Gasteiger charge is -2.28. The van der Waals surface area contributed by atoms with Gasteiger partial charge >= 0.3 is 0 Å². The molecule has 0 aromatic heterocycles. The number of halogens is 1. The summed E-state index contributed by atoms with van der Waals surface area (Å²) in [5.41, 5.74) is 3.29. The van der Waals surface area contributed by atoms with Gasteiger partial charge in [-0.25, -0.2) is 4.39 Å². The maximum Gasteiger partial charge on any atom is 0.165 e. The van der Waals surface area contributed by atoms with Crippen LogP contribution in [0.15, 0.2) is 42.5 Å². The molecule has 0 radical (unpaired) electrons. The van der Waals surface area contributed by atoms with Gasteiger partial charge in [0.25, 0.3) is 0 Å². The number of aryl methyl sites for hydroxylation is 1. The molecule has 0 saturated heterocycles. The maximum absolute atomic E-state index is 14.6. The van der Waals surface area contributed by atoms with Crippen molar-refractivity contribution < 1.29 is 9.13 Å². The summed E-state index contributed by atoms with van der Waals surface area (Å²) in [4.78, 5) is 0. The highest BCUT2D eigenvalue weighted by Gasteiger charge is 2.21. The molecule has 0 N–H and O–H groups in total.